The van der Waals surface area contributed by atoms with Crippen molar-refractivity contribution in [2.75, 3.05) is 51.7 Å². The minimum atomic E-state index is -2.77. The SMILES string of the molecule is CN1CCN(Cc2ccc(-c3c[nH]c4nc(NCCOC(F)F)ncc34)cc2)CC1. The summed E-state index contributed by atoms with van der Waals surface area (Å²) in [4.78, 5) is 16.7. The zero-order valence-corrected chi connectivity index (χ0v) is 16.9. The molecule has 7 nitrogen and oxygen atoms in total. The quantitative estimate of drug-likeness (QED) is 0.550. The number of hydrogen-bond acceptors (Lipinski definition) is 6. The van der Waals surface area contributed by atoms with Crippen molar-refractivity contribution in [3.63, 3.8) is 0 Å². The van der Waals surface area contributed by atoms with Crippen molar-refractivity contribution in [3.8, 4) is 11.1 Å². The predicted octanol–water partition coefficient (Wildman–Crippen LogP) is 3.02. The molecule has 9 heteroatoms. The minimum Gasteiger partial charge on any atom is -0.352 e. The van der Waals surface area contributed by atoms with Crippen LogP contribution >= 0.6 is 0 Å². The molecule has 2 aromatic heterocycles. The molecular weight excluding hydrogens is 390 g/mol. The van der Waals surface area contributed by atoms with E-state index in [2.05, 4.69) is 66.1 Å². The molecule has 1 aromatic carbocycles. The molecule has 2 N–H and O–H groups in total. The first-order chi connectivity index (χ1) is 14.6. The van der Waals surface area contributed by atoms with Gasteiger partial charge in [0, 0.05) is 62.6 Å². The smallest absolute Gasteiger partial charge is 0.345 e. The highest BCUT2D eigenvalue weighted by Gasteiger charge is 2.14. The number of aromatic nitrogens is 3. The lowest BCUT2D eigenvalue weighted by molar-refractivity contribution is -0.125. The van der Waals surface area contributed by atoms with Gasteiger partial charge in [-0.05, 0) is 18.2 Å². The van der Waals surface area contributed by atoms with E-state index < -0.39 is 6.61 Å². The summed E-state index contributed by atoms with van der Waals surface area (Å²) in [7, 11) is 2.16. The highest BCUT2D eigenvalue weighted by molar-refractivity contribution is 5.93. The molecule has 0 spiro atoms. The van der Waals surface area contributed by atoms with Crippen molar-refractivity contribution < 1.29 is 13.5 Å². The number of ether oxygens (including phenoxy) is 1. The second kappa shape index (κ2) is 9.46. The number of anilines is 1. The van der Waals surface area contributed by atoms with Crippen molar-refractivity contribution in [2.24, 2.45) is 0 Å². The second-order valence-electron chi connectivity index (χ2n) is 7.49. The van der Waals surface area contributed by atoms with Gasteiger partial charge in [0.05, 0.1) is 6.61 Å². The number of fused-ring (bicyclic) bond motifs is 1. The van der Waals surface area contributed by atoms with Crippen LogP contribution < -0.4 is 5.32 Å². The molecule has 0 aliphatic carbocycles. The number of benzene rings is 1. The zero-order valence-electron chi connectivity index (χ0n) is 16.9. The Kier molecular flexibility index (Phi) is 6.51. The lowest BCUT2D eigenvalue weighted by Gasteiger charge is -2.32. The Morgan fingerprint density at radius 1 is 1.17 bits per heavy atom. The van der Waals surface area contributed by atoms with Crippen LogP contribution in [0.15, 0.2) is 36.7 Å². The molecule has 3 aromatic rings. The van der Waals surface area contributed by atoms with E-state index in [-0.39, 0.29) is 13.2 Å². The first kappa shape index (κ1) is 20.6. The number of alkyl halides is 2. The van der Waals surface area contributed by atoms with Crippen LogP contribution in [0.1, 0.15) is 5.56 Å². The average Bonchev–Trinajstić information content (AvgIpc) is 3.17. The van der Waals surface area contributed by atoms with Crippen molar-refractivity contribution in [1.82, 2.24) is 24.8 Å². The van der Waals surface area contributed by atoms with E-state index in [4.69, 9.17) is 0 Å². The van der Waals surface area contributed by atoms with Crippen molar-refractivity contribution in [1.29, 1.82) is 0 Å². The molecule has 30 heavy (non-hydrogen) atoms. The Balaban J connectivity index is 1.40. The van der Waals surface area contributed by atoms with Crippen molar-refractivity contribution in [2.45, 2.75) is 13.2 Å². The van der Waals surface area contributed by atoms with E-state index in [0.717, 1.165) is 49.2 Å². The largest absolute Gasteiger partial charge is 0.352 e. The minimum absolute atomic E-state index is 0.116. The Morgan fingerprint density at radius 3 is 2.67 bits per heavy atom. The summed E-state index contributed by atoms with van der Waals surface area (Å²) in [6, 6.07) is 8.60. The molecule has 0 atom stereocenters. The first-order valence-corrected chi connectivity index (χ1v) is 10.1. The number of H-pyrrole nitrogens is 1. The summed E-state index contributed by atoms with van der Waals surface area (Å²) in [5.74, 6) is 0.372. The second-order valence-corrected chi connectivity index (χ2v) is 7.49. The average molecular weight is 416 g/mol. The van der Waals surface area contributed by atoms with Gasteiger partial charge in [-0.1, -0.05) is 24.3 Å². The molecule has 3 heterocycles. The molecule has 0 unspecified atom stereocenters. The Hall–Kier alpha value is -2.62. The van der Waals surface area contributed by atoms with E-state index in [1.807, 2.05) is 6.20 Å². The fraction of sp³-hybridized carbons (Fsp3) is 0.429. The van der Waals surface area contributed by atoms with Gasteiger partial charge in [0.2, 0.25) is 5.95 Å². The molecule has 0 saturated carbocycles. The number of aromatic amines is 1. The molecule has 1 aliphatic heterocycles. The Morgan fingerprint density at radius 2 is 1.93 bits per heavy atom. The molecule has 1 fully saturated rings. The monoisotopic (exact) mass is 416 g/mol. The topological polar surface area (TPSA) is 69.3 Å². The number of rotatable bonds is 8. The number of nitrogens with one attached hydrogen (secondary N) is 2. The fourth-order valence-corrected chi connectivity index (χ4v) is 3.60. The normalized spacial score (nSPS) is 15.9. The van der Waals surface area contributed by atoms with Crippen LogP contribution in [0.5, 0.6) is 0 Å². The lowest BCUT2D eigenvalue weighted by atomic mass is 10.0. The van der Waals surface area contributed by atoms with E-state index in [9.17, 15) is 8.78 Å². The molecule has 0 radical (unpaired) electrons. The highest BCUT2D eigenvalue weighted by Crippen LogP contribution is 2.28. The van der Waals surface area contributed by atoms with Gasteiger partial charge in [-0.25, -0.2) is 4.98 Å². The molecular formula is C21H26F2N6O. The maximum absolute atomic E-state index is 12.0. The van der Waals surface area contributed by atoms with E-state index in [1.165, 1.54) is 5.56 Å². The van der Waals surface area contributed by atoms with Crippen LogP contribution in [0.3, 0.4) is 0 Å². The third kappa shape index (κ3) is 5.10. The summed E-state index contributed by atoms with van der Waals surface area (Å²) in [5, 5.41) is 3.80. The lowest BCUT2D eigenvalue weighted by Crippen LogP contribution is -2.43. The molecule has 0 bridgehead atoms. The van der Waals surface area contributed by atoms with Crippen LogP contribution in [-0.2, 0) is 11.3 Å². The first-order valence-electron chi connectivity index (χ1n) is 10.1. The molecule has 4 rings (SSSR count). The van der Waals surface area contributed by atoms with Gasteiger partial charge < -0.3 is 19.9 Å². The third-order valence-electron chi connectivity index (χ3n) is 5.33. The summed E-state index contributed by atoms with van der Waals surface area (Å²) in [5.41, 5.74) is 4.12. The molecule has 1 saturated heterocycles. The maximum atomic E-state index is 12.0. The molecule has 0 amide bonds. The van der Waals surface area contributed by atoms with Gasteiger partial charge in [0.1, 0.15) is 5.65 Å². The summed E-state index contributed by atoms with van der Waals surface area (Å²) < 4.78 is 28.2. The predicted molar refractivity (Wildman–Crippen MR) is 113 cm³/mol. The van der Waals surface area contributed by atoms with Gasteiger partial charge in [-0.2, -0.15) is 13.8 Å². The van der Waals surface area contributed by atoms with E-state index >= 15 is 0 Å². The number of likely N-dealkylation sites (N-methyl/N-ethyl adjacent to an activating group) is 1. The van der Waals surface area contributed by atoms with E-state index in [0.29, 0.717) is 11.6 Å². The van der Waals surface area contributed by atoms with Crippen LogP contribution in [-0.4, -0.2) is 77.7 Å². The van der Waals surface area contributed by atoms with Crippen molar-refractivity contribution in [3.05, 3.63) is 42.2 Å². The fourth-order valence-electron chi connectivity index (χ4n) is 3.60. The Bertz CT molecular complexity index is 954. The maximum Gasteiger partial charge on any atom is 0.345 e. The molecule has 160 valence electrons. The molecule has 1 aliphatic rings. The third-order valence-corrected chi connectivity index (χ3v) is 5.33. The number of halogens is 2. The highest BCUT2D eigenvalue weighted by atomic mass is 19.3. The van der Waals surface area contributed by atoms with Gasteiger partial charge >= 0.3 is 6.61 Å². The van der Waals surface area contributed by atoms with Crippen LogP contribution in [0.4, 0.5) is 14.7 Å². The van der Waals surface area contributed by atoms with Gasteiger partial charge in [-0.15, -0.1) is 0 Å². The summed E-state index contributed by atoms with van der Waals surface area (Å²) in [6.07, 6.45) is 3.65. The van der Waals surface area contributed by atoms with Crippen molar-refractivity contribution >= 4 is 17.0 Å². The van der Waals surface area contributed by atoms with Gasteiger partial charge in [0.15, 0.2) is 0 Å². The van der Waals surface area contributed by atoms with Crippen LogP contribution in [0.2, 0.25) is 0 Å². The number of hydrogen-bond donors (Lipinski definition) is 2. The summed E-state index contributed by atoms with van der Waals surface area (Å²) in [6.45, 7) is 2.72. The number of piperazine rings is 1. The van der Waals surface area contributed by atoms with Crippen LogP contribution in [0, 0.1) is 0 Å². The van der Waals surface area contributed by atoms with Gasteiger partial charge in [-0.3, -0.25) is 4.90 Å². The standard InChI is InChI=1S/C21H26F2N6O/c1-28-7-9-29(10-8-28)14-15-2-4-16(5-3-15)17-12-25-19-18(17)13-26-21(27-19)24-6-11-30-20(22)23/h2-5,12-13,20H,6-11,14H2,1H3,(H2,24,25,26,27). The summed E-state index contributed by atoms with van der Waals surface area (Å²) >= 11 is 0. The van der Waals surface area contributed by atoms with Crippen LogP contribution in [0.25, 0.3) is 22.2 Å². The van der Waals surface area contributed by atoms with E-state index in [1.54, 1.807) is 6.20 Å². The Labute approximate surface area is 174 Å². The van der Waals surface area contributed by atoms with Gasteiger partial charge in [0.25, 0.3) is 0 Å². The zero-order chi connectivity index (χ0) is 20.9. The number of nitrogens with zero attached hydrogens (tertiary/aromatic N) is 4.